The van der Waals surface area contributed by atoms with Gasteiger partial charge in [0, 0.05) is 35.8 Å². The van der Waals surface area contributed by atoms with Gasteiger partial charge in [-0.3, -0.25) is 0 Å². The number of nitrogens with one attached hydrogen (secondary N) is 1. The predicted molar refractivity (Wildman–Crippen MR) is 128 cm³/mol. The van der Waals surface area contributed by atoms with Crippen LogP contribution in [0.15, 0.2) is 60.4 Å². The van der Waals surface area contributed by atoms with Gasteiger partial charge in [0.1, 0.15) is 5.70 Å². The Hall–Kier alpha value is -3.45. The molecule has 1 aliphatic rings. The van der Waals surface area contributed by atoms with Gasteiger partial charge in [0.2, 0.25) is 0 Å². The molecular weight excluding hydrogens is 418 g/mol. The number of hydrazine groups is 1. The molecule has 1 aliphatic heterocycles. The van der Waals surface area contributed by atoms with E-state index in [1.165, 1.54) is 0 Å². The van der Waals surface area contributed by atoms with Crippen molar-refractivity contribution in [2.45, 2.75) is 32.9 Å². The van der Waals surface area contributed by atoms with E-state index in [0.717, 1.165) is 35.0 Å². The van der Waals surface area contributed by atoms with E-state index in [9.17, 15) is 4.79 Å². The number of carbonyl (C=O) groups excluding carboxylic acids is 1. The summed E-state index contributed by atoms with van der Waals surface area (Å²) in [5.74, 6) is 1.10. The summed E-state index contributed by atoms with van der Waals surface area (Å²) in [5, 5.41) is 3.27. The highest BCUT2D eigenvalue weighted by atomic mass is 16.5. The van der Waals surface area contributed by atoms with Crippen LogP contribution in [0.1, 0.15) is 37.4 Å². The van der Waals surface area contributed by atoms with E-state index >= 15 is 0 Å². The number of esters is 1. The van der Waals surface area contributed by atoms with Gasteiger partial charge in [-0.05, 0) is 43.2 Å². The normalized spacial score (nSPS) is 15.9. The monoisotopic (exact) mass is 449 g/mol. The van der Waals surface area contributed by atoms with Crippen molar-refractivity contribution in [2.75, 3.05) is 27.4 Å². The highest BCUT2D eigenvalue weighted by Gasteiger charge is 2.31. The van der Waals surface area contributed by atoms with Gasteiger partial charge in [-0.2, -0.15) is 0 Å². The summed E-state index contributed by atoms with van der Waals surface area (Å²) < 4.78 is 18.3. The van der Waals surface area contributed by atoms with E-state index in [-0.39, 0.29) is 12.0 Å². The van der Waals surface area contributed by atoms with Crippen LogP contribution >= 0.6 is 0 Å². The molecule has 1 unspecified atom stereocenters. The van der Waals surface area contributed by atoms with Crippen LogP contribution in [0.4, 0.5) is 0 Å². The number of methoxy groups -OCH3 is 2. The first-order valence-corrected chi connectivity index (χ1v) is 11.3. The average molecular weight is 450 g/mol. The minimum absolute atomic E-state index is 0.0686. The van der Waals surface area contributed by atoms with E-state index in [1.54, 1.807) is 14.2 Å². The van der Waals surface area contributed by atoms with E-state index in [4.69, 9.17) is 14.2 Å². The summed E-state index contributed by atoms with van der Waals surface area (Å²) in [5.41, 5.74) is 7.14. The van der Waals surface area contributed by atoms with Gasteiger partial charge >= 0.3 is 5.97 Å². The van der Waals surface area contributed by atoms with E-state index in [0.29, 0.717) is 30.3 Å². The minimum atomic E-state index is -0.324. The highest BCUT2D eigenvalue weighted by Crippen LogP contribution is 2.35. The Morgan fingerprint density at radius 1 is 1.06 bits per heavy atom. The number of hydrogen-bond donors (Lipinski definition) is 1. The Balaban J connectivity index is 1.73. The maximum atomic E-state index is 12.4. The fraction of sp³-hybridized carbons (Fsp3) is 0.346. The third-order valence-electron chi connectivity index (χ3n) is 5.82. The van der Waals surface area contributed by atoms with Gasteiger partial charge in [0.05, 0.1) is 26.9 Å². The zero-order valence-electron chi connectivity index (χ0n) is 19.6. The molecular formula is C26H31N3O4. The molecule has 7 heteroatoms. The summed E-state index contributed by atoms with van der Waals surface area (Å²) in [6.45, 7) is 5.78. The minimum Gasteiger partial charge on any atom is -0.493 e. The smallest absolute Gasteiger partial charge is 0.355 e. The molecule has 0 bridgehead atoms. The largest absolute Gasteiger partial charge is 0.493 e. The summed E-state index contributed by atoms with van der Waals surface area (Å²) in [4.78, 5) is 12.4. The molecule has 0 saturated carbocycles. The van der Waals surface area contributed by atoms with Gasteiger partial charge in [-0.15, -0.1) is 0 Å². The SMILES string of the molecule is CCCN1NC(C(=O)OCC)=CC1c1cn(Cc2ccc(OC)c(OC)c2)c2ccccc12. The van der Waals surface area contributed by atoms with Crippen molar-refractivity contribution in [1.29, 1.82) is 0 Å². The lowest BCUT2D eigenvalue weighted by molar-refractivity contribution is -0.139. The number of hydrogen-bond acceptors (Lipinski definition) is 6. The molecule has 2 heterocycles. The summed E-state index contributed by atoms with van der Waals surface area (Å²) in [6.07, 6.45) is 5.11. The number of aromatic nitrogens is 1. The quantitative estimate of drug-likeness (QED) is 0.488. The average Bonchev–Trinajstić information content (AvgIpc) is 3.41. The molecule has 0 aliphatic carbocycles. The first-order chi connectivity index (χ1) is 16.1. The molecule has 0 radical (unpaired) electrons. The third kappa shape index (κ3) is 4.54. The van der Waals surface area contributed by atoms with Gasteiger partial charge in [0.15, 0.2) is 11.5 Å². The van der Waals surface area contributed by atoms with Crippen molar-refractivity contribution in [3.63, 3.8) is 0 Å². The molecule has 0 spiro atoms. The molecule has 0 fully saturated rings. The Kier molecular flexibility index (Phi) is 6.89. The number of carbonyl (C=O) groups is 1. The maximum absolute atomic E-state index is 12.4. The van der Waals surface area contributed by atoms with Crippen LogP contribution < -0.4 is 14.9 Å². The second kappa shape index (κ2) is 10.0. The standard InChI is InChI=1S/C26H31N3O4/c1-5-13-29-23(15-21(27-29)26(30)33-6-2)20-17-28(22-10-8-7-9-19(20)22)16-18-11-12-24(31-3)25(14-18)32-4/h7-12,14-15,17,23,27H,5-6,13,16H2,1-4H3. The second-order valence-electron chi connectivity index (χ2n) is 7.97. The van der Waals surface area contributed by atoms with Crippen molar-refractivity contribution in [1.82, 2.24) is 15.0 Å². The summed E-state index contributed by atoms with van der Waals surface area (Å²) in [7, 11) is 3.28. The third-order valence-corrected chi connectivity index (χ3v) is 5.82. The van der Waals surface area contributed by atoms with Crippen LogP contribution in [0.25, 0.3) is 10.9 Å². The molecule has 1 aromatic heterocycles. The number of ether oxygens (including phenoxy) is 3. The first-order valence-electron chi connectivity index (χ1n) is 11.3. The van der Waals surface area contributed by atoms with Crippen LogP contribution in [0.3, 0.4) is 0 Å². The highest BCUT2D eigenvalue weighted by molar-refractivity contribution is 5.89. The Morgan fingerprint density at radius 3 is 2.58 bits per heavy atom. The Bertz CT molecular complexity index is 1170. The van der Waals surface area contributed by atoms with Crippen LogP contribution in [-0.2, 0) is 16.1 Å². The summed E-state index contributed by atoms with van der Waals surface area (Å²) >= 11 is 0. The molecule has 174 valence electrons. The van der Waals surface area contributed by atoms with Crippen molar-refractivity contribution in [3.8, 4) is 11.5 Å². The number of rotatable bonds is 9. The molecule has 0 amide bonds. The van der Waals surface area contributed by atoms with Gasteiger partial charge in [-0.25, -0.2) is 9.80 Å². The number of benzene rings is 2. The van der Waals surface area contributed by atoms with Gasteiger partial charge in [0.25, 0.3) is 0 Å². The molecule has 1 N–H and O–H groups in total. The molecule has 0 saturated heterocycles. The van der Waals surface area contributed by atoms with E-state index in [1.807, 2.05) is 31.2 Å². The number of nitrogens with zero attached hydrogens (tertiary/aromatic N) is 2. The number of para-hydroxylation sites is 1. The Morgan fingerprint density at radius 2 is 1.85 bits per heavy atom. The van der Waals surface area contributed by atoms with Crippen LogP contribution in [0, 0.1) is 0 Å². The molecule has 3 aromatic rings. The van der Waals surface area contributed by atoms with Crippen molar-refractivity contribution in [2.24, 2.45) is 0 Å². The molecule has 2 aromatic carbocycles. The number of fused-ring (bicyclic) bond motifs is 1. The van der Waals surface area contributed by atoms with Crippen molar-refractivity contribution < 1.29 is 19.0 Å². The lowest BCUT2D eigenvalue weighted by atomic mass is 10.1. The maximum Gasteiger partial charge on any atom is 0.355 e. The Labute approximate surface area is 194 Å². The van der Waals surface area contributed by atoms with Gasteiger partial charge in [-0.1, -0.05) is 31.2 Å². The lowest BCUT2D eigenvalue weighted by Gasteiger charge is -2.24. The zero-order valence-corrected chi connectivity index (χ0v) is 19.6. The lowest BCUT2D eigenvalue weighted by Crippen LogP contribution is -2.36. The fourth-order valence-corrected chi connectivity index (χ4v) is 4.34. The predicted octanol–water partition coefficient (Wildman–Crippen LogP) is 4.43. The van der Waals surface area contributed by atoms with Gasteiger partial charge < -0.3 is 24.2 Å². The van der Waals surface area contributed by atoms with Crippen molar-refractivity contribution in [3.05, 3.63) is 71.6 Å². The zero-order chi connectivity index (χ0) is 23.4. The van der Waals surface area contributed by atoms with Crippen LogP contribution in [0.2, 0.25) is 0 Å². The summed E-state index contributed by atoms with van der Waals surface area (Å²) in [6, 6.07) is 14.3. The van der Waals surface area contributed by atoms with Crippen LogP contribution in [0.5, 0.6) is 11.5 Å². The molecule has 1 atom stereocenters. The molecule has 4 rings (SSSR count). The van der Waals surface area contributed by atoms with Crippen molar-refractivity contribution >= 4 is 16.9 Å². The molecule has 33 heavy (non-hydrogen) atoms. The van der Waals surface area contributed by atoms with Crippen LogP contribution in [-0.4, -0.2) is 42.9 Å². The van der Waals surface area contributed by atoms with E-state index in [2.05, 4.69) is 52.4 Å². The first kappa shape index (κ1) is 22.7. The molecule has 7 nitrogen and oxygen atoms in total. The fourth-order valence-electron chi connectivity index (χ4n) is 4.34. The topological polar surface area (TPSA) is 65.0 Å². The second-order valence-corrected chi connectivity index (χ2v) is 7.97. The van der Waals surface area contributed by atoms with E-state index < -0.39 is 0 Å².